The van der Waals surface area contributed by atoms with Crippen LogP contribution >= 0.6 is 34.3 Å². The summed E-state index contributed by atoms with van der Waals surface area (Å²) >= 11 is 9.52. The lowest BCUT2D eigenvalue weighted by Crippen LogP contribution is -2.49. The summed E-state index contributed by atoms with van der Waals surface area (Å²) in [6.07, 6.45) is 6.93. The third-order valence-corrected chi connectivity index (χ3v) is 16.2. The van der Waals surface area contributed by atoms with E-state index in [1.54, 1.807) is 52.1 Å². The average Bonchev–Trinajstić information content (AvgIpc) is 4.19. The zero-order chi connectivity index (χ0) is 50.5. The Hall–Kier alpha value is -6.67. The first-order chi connectivity index (χ1) is 34.6. The van der Waals surface area contributed by atoms with E-state index in [0.29, 0.717) is 40.8 Å². The predicted molar refractivity (Wildman–Crippen MR) is 276 cm³/mol. The second-order valence-electron chi connectivity index (χ2n) is 19.2. The van der Waals surface area contributed by atoms with Crippen LogP contribution in [0, 0.1) is 33.6 Å². The monoisotopic (exact) mass is 1030 g/mol. The number of benzene rings is 2. The Morgan fingerprint density at radius 1 is 0.903 bits per heavy atom. The number of aliphatic imine (C=N–C) groups is 1. The summed E-state index contributed by atoms with van der Waals surface area (Å²) in [5.74, 6) is 0.725. The van der Waals surface area contributed by atoms with E-state index in [0.717, 1.165) is 54.9 Å². The molecule has 372 valence electrons. The minimum absolute atomic E-state index is 0.0374. The first kappa shape index (κ1) is 48.9. The van der Waals surface area contributed by atoms with Crippen LogP contribution in [0.5, 0.6) is 5.88 Å². The lowest BCUT2D eigenvalue weighted by atomic mass is 9.89. The van der Waals surface area contributed by atoms with Crippen LogP contribution in [-0.4, -0.2) is 104 Å². The number of nitrogens with zero attached hydrogens (tertiary/aromatic N) is 10. The number of aromatic nitrogens is 8. The van der Waals surface area contributed by atoms with Crippen molar-refractivity contribution in [1.29, 1.82) is 0 Å². The van der Waals surface area contributed by atoms with Gasteiger partial charge in [0.25, 0.3) is 0 Å². The second-order valence-corrected chi connectivity index (χ2v) is 21.7. The van der Waals surface area contributed by atoms with E-state index >= 15 is 0 Å². The number of aliphatic hydroxyl groups excluding tert-OH is 1. The fraction of sp³-hybridized carbons (Fsp3) is 0.385. The fourth-order valence-corrected chi connectivity index (χ4v) is 11.9. The number of rotatable bonds is 14. The number of thiazole rings is 1. The number of fused-ring (bicyclic) bond motifs is 3. The van der Waals surface area contributed by atoms with Crippen LogP contribution in [0.3, 0.4) is 0 Å². The lowest BCUT2D eigenvalue weighted by Gasteiger charge is -2.35. The van der Waals surface area contributed by atoms with Gasteiger partial charge in [0.1, 0.15) is 35.1 Å². The van der Waals surface area contributed by atoms with Crippen LogP contribution in [0.2, 0.25) is 5.02 Å². The van der Waals surface area contributed by atoms with Crippen LogP contribution < -0.4 is 15.4 Å². The summed E-state index contributed by atoms with van der Waals surface area (Å²) in [5.41, 5.74) is 9.79. The highest BCUT2D eigenvalue weighted by atomic mass is 35.5. The normalized spacial score (nSPS) is 20.2. The lowest BCUT2D eigenvalue weighted by molar-refractivity contribution is -0.142. The van der Waals surface area contributed by atoms with Crippen molar-refractivity contribution in [2.24, 2.45) is 10.9 Å². The van der Waals surface area contributed by atoms with Gasteiger partial charge in [-0.2, -0.15) is 5.10 Å². The van der Waals surface area contributed by atoms with Gasteiger partial charge >= 0.3 is 0 Å². The molecule has 5 atom stereocenters. The second kappa shape index (κ2) is 20.1. The highest BCUT2D eigenvalue weighted by molar-refractivity contribution is 7.15. The topological polar surface area (TPSA) is 208 Å². The maximum absolute atomic E-state index is 14.3. The molecule has 0 unspecified atom stereocenters. The van der Waals surface area contributed by atoms with Gasteiger partial charge in [-0.25, -0.2) is 15.0 Å². The number of halogens is 1. The summed E-state index contributed by atoms with van der Waals surface area (Å²) in [6, 6.07) is 13.0. The van der Waals surface area contributed by atoms with Crippen molar-refractivity contribution >= 4 is 57.7 Å². The molecule has 3 amide bonds. The van der Waals surface area contributed by atoms with Crippen molar-refractivity contribution in [2.75, 3.05) is 6.54 Å². The molecule has 1 aliphatic carbocycles. The van der Waals surface area contributed by atoms with E-state index in [9.17, 15) is 19.5 Å². The molecular weight excluding hydrogens is 972 g/mol. The van der Waals surface area contributed by atoms with Crippen LogP contribution in [0.15, 0.2) is 83.8 Å². The first-order valence-electron chi connectivity index (χ1n) is 24.1. The average molecular weight is 1030 g/mol. The number of thiophene rings is 1. The zero-order valence-electron chi connectivity index (χ0n) is 40.9. The Balaban J connectivity index is 0.743. The summed E-state index contributed by atoms with van der Waals surface area (Å²) < 4.78 is 9.79. The van der Waals surface area contributed by atoms with E-state index in [2.05, 4.69) is 54.7 Å². The molecule has 2 fully saturated rings. The van der Waals surface area contributed by atoms with Gasteiger partial charge in [0.2, 0.25) is 23.6 Å². The number of carbonyl (C=O) groups is 3. The van der Waals surface area contributed by atoms with Crippen molar-refractivity contribution in [3.63, 3.8) is 0 Å². The number of nitrogens with one attached hydrogen (secondary N) is 2. The van der Waals surface area contributed by atoms with Crippen LogP contribution in [-0.2, 0) is 14.4 Å². The molecule has 20 heteroatoms. The quantitative estimate of drug-likeness (QED) is 0.0950. The molecule has 72 heavy (non-hydrogen) atoms. The molecule has 17 nitrogen and oxygen atoms in total. The Labute approximate surface area is 429 Å². The maximum atomic E-state index is 14.3. The third kappa shape index (κ3) is 9.69. The van der Waals surface area contributed by atoms with E-state index < -0.39 is 24.2 Å². The number of hydrogen-bond acceptors (Lipinski definition) is 14. The number of hydrogen-bond donors (Lipinski definition) is 3. The molecule has 10 rings (SSSR count). The molecule has 0 radical (unpaired) electrons. The summed E-state index contributed by atoms with van der Waals surface area (Å²) in [6.45, 7) is 13.9. The van der Waals surface area contributed by atoms with E-state index in [1.165, 1.54) is 9.78 Å². The maximum Gasteiger partial charge on any atom is 0.248 e. The van der Waals surface area contributed by atoms with Gasteiger partial charge in [0.05, 0.1) is 64.6 Å². The van der Waals surface area contributed by atoms with Crippen molar-refractivity contribution in [3.05, 3.63) is 128 Å². The summed E-state index contributed by atoms with van der Waals surface area (Å²) in [5, 5.41) is 32.1. The van der Waals surface area contributed by atoms with Gasteiger partial charge in [-0.3, -0.25) is 28.6 Å². The minimum atomic E-state index is -0.848. The molecule has 5 aromatic heterocycles. The first-order valence-corrected chi connectivity index (χ1v) is 26.2. The Morgan fingerprint density at radius 2 is 1.65 bits per heavy atom. The molecule has 0 bridgehead atoms. The summed E-state index contributed by atoms with van der Waals surface area (Å²) in [4.78, 5) is 64.3. The van der Waals surface area contributed by atoms with Crippen LogP contribution in [0.25, 0.3) is 26.7 Å². The molecule has 1 saturated heterocycles. The predicted octanol–water partition coefficient (Wildman–Crippen LogP) is 8.04. The molecule has 7 aromatic rings. The Bertz CT molecular complexity index is 3180. The molecule has 3 N–H and O–H groups in total. The highest BCUT2D eigenvalue weighted by Gasteiger charge is 2.43. The van der Waals surface area contributed by atoms with Gasteiger partial charge in [0, 0.05) is 64.6 Å². The van der Waals surface area contributed by atoms with Crippen molar-refractivity contribution < 1.29 is 24.2 Å². The number of β-amino-alcohol motifs (C(OH)–C–C–N with tert-alkyl or cyclic N) is 1. The third-order valence-electron chi connectivity index (χ3n) is 13.8. The number of amides is 3. The number of aryl methyl sites for hydroxylation is 3. The van der Waals surface area contributed by atoms with Gasteiger partial charge in [-0.15, -0.1) is 32.9 Å². The largest absolute Gasteiger partial charge is 0.473 e. The molecular formula is C52H55ClN12O5S2. The molecule has 3 aliphatic rings. The van der Waals surface area contributed by atoms with Crippen molar-refractivity contribution in [1.82, 2.24) is 55.0 Å². The molecule has 7 heterocycles. The van der Waals surface area contributed by atoms with Gasteiger partial charge in [-0.1, -0.05) is 61.8 Å². The number of likely N-dealkylation sites (tertiary alicyclic amines) is 1. The Kier molecular flexibility index (Phi) is 13.7. The molecule has 2 aliphatic heterocycles. The SMILES string of the molecule is Cc1ncsc1-c1ccc([C@H](C)NC(=O)[C@@H]2C[C@@H](O)CN2C(=O)[C@H](C(C)C)n2cc(-c3cnc(O[C@H]4C[C@H](NC(=O)C[C@@H]5N=C(c6ccc(Cl)cc6)c6c(sc(C)c6C)-n6c(C)nnc65)C4)cn3)cn2)cc1. The van der Waals surface area contributed by atoms with Crippen LogP contribution in [0.1, 0.15) is 109 Å². The van der Waals surface area contributed by atoms with Gasteiger partial charge < -0.3 is 25.4 Å². The van der Waals surface area contributed by atoms with Gasteiger partial charge in [-0.05, 0) is 69.4 Å². The van der Waals surface area contributed by atoms with E-state index in [4.69, 9.17) is 21.3 Å². The Morgan fingerprint density at radius 3 is 2.35 bits per heavy atom. The standard InChI is InChI=1S/C52H55ClN12O5S2/c1-26(2)47(51(69)63-24-38(66)18-42(63)50(68)58-28(4)32-8-10-34(11-9-32)48-29(5)56-25-71-48)64-23-35(20-57-64)41-21-55-44(22-54-41)70-39-16-37(17-39)59-43(67)19-40-49-62-61-31(7)65(49)52-45(27(3)30(6)72-52)46(60-40)33-12-14-36(53)15-13-33/h8-15,20-23,25-26,28,37-40,42,47,66H,16-19,24H2,1-7H3,(H,58,68)(H,59,67)/t28-,37-,38+,39-,40-,42-,47-/m0/s1. The van der Waals surface area contributed by atoms with E-state index in [-0.39, 0.29) is 61.2 Å². The fourth-order valence-electron chi connectivity index (χ4n) is 9.77. The molecule has 2 aromatic carbocycles. The number of carbonyl (C=O) groups excluding carboxylic acids is 3. The smallest absolute Gasteiger partial charge is 0.248 e. The van der Waals surface area contributed by atoms with E-state index in [1.807, 2.05) is 93.2 Å². The molecule has 0 spiro atoms. The highest BCUT2D eigenvalue weighted by Crippen LogP contribution is 2.40. The summed E-state index contributed by atoms with van der Waals surface area (Å²) in [7, 11) is 0. The number of ether oxygens (including phenoxy) is 1. The van der Waals surface area contributed by atoms with Gasteiger partial charge in [0.15, 0.2) is 5.82 Å². The minimum Gasteiger partial charge on any atom is -0.473 e. The van der Waals surface area contributed by atoms with Crippen molar-refractivity contribution in [2.45, 2.75) is 117 Å². The molecule has 1 saturated carbocycles. The zero-order valence-corrected chi connectivity index (χ0v) is 43.3. The van der Waals surface area contributed by atoms with Crippen LogP contribution in [0.4, 0.5) is 0 Å². The number of aliphatic hydroxyl groups is 1. The van der Waals surface area contributed by atoms with Crippen molar-refractivity contribution in [3.8, 4) is 32.6 Å².